The van der Waals surface area contributed by atoms with Crippen LogP contribution in [0.2, 0.25) is 0 Å². The van der Waals surface area contributed by atoms with E-state index in [4.69, 9.17) is 13.8 Å². The summed E-state index contributed by atoms with van der Waals surface area (Å²) < 4.78 is 15.7. The maximum atomic E-state index is 9.89. The van der Waals surface area contributed by atoms with E-state index < -0.39 is 0 Å². The third kappa shape index (κ3) is 4.40. The normalized spacial score (nSPS) is 12.1. The topological polar surface area (TPSA) is 67.9 Å². The monoisotopic (exact) mass is 751 g/mol. The van der Waals surface area contributed by atoms with E-state index in [2.05, 4.69) is 138 Å². The number of rotatable bonds is 3. The molecule has 4 heterocycles. The number of nitriles is 1. The molecule has 0 aliphatic rings. The van der Waals surface area contributed by atoms with Crippen molar-refractivity contribution in [3.8, 4) is 34.1 Å². The fraction of sp³-hybridized carbons (Fsp3) is 0. The first-order valence-corrected chi connectivity index (χ1v) is 19.8. The second-order valence-electron chi connectivity index (χ2n) is 15.3. The Hall–Kier alpha value is -8.20. The number of aromatic nitrogens is 2. The van der Waals surface area contributed by atoms with E-state index in [1.54, 1.807) is 0 Å². The first kappa shape index (κ1) is 31.9. The van der Waals surface area contributed by atoms with Crippen LogP contribution in [0.1, 0.15) is 5.56 Å². The Bertz CT molecular complexity index is 3920. The molecule has 4 aromatic heterocycles. The quantitative estimate of drug-likeness (QED) is 0.169. The lowest BCUT2D eigenvalue weighted by Gasteiger charge is -2.18. The van der Waals surface area contributed by atoms with Gasteiger partial charge in [-0.15, -0.1) is 0 Å². The van der Waals surface area contributed by atoms with E-state index in [1.807, 2.05) is 48.5 Å². The fourth-order valence-electron chi connectivity index (χ4n) is 9.68. The third-order valence-electron chi connectivity index (χ3n) is 12.2. The molecule has 0 spiro atoms. The van der Waals surface area contributed by atoms with Crippen LogP contribution in [0.3, 0.4) is 0 Å². The second-order valence-corrected chi connectivity index (χ2v) is 15.3. The summed E-state index contributed by atoms with van der Waals surface area (Å²) in [5, 5.41) is 21.6. The lowest BCUT2D eigenvalue weighted by Crippen LogP contribution is -1.95. The van der Waals surface area contributed by atoms with Crippen LogP contribution >= 0.6 is 0 Å². The number of hydrogen-bond donors (Lipinski definition) is 0. The standard InChI is InChI=1S/C54H29N3O2/c55-30-31-22-24-34-35-25-23-32(29-45(35)57(44(34)28-31)33-12-2-1-3-13-33)48-37-15-4-6-17-39(37)49(40-18-7-5-16-38(40)48)52-50-42-19-9-11-21-47(42)58-53(50)43-27-26-41-36-14-8-10-20-46(36)59-54(41)51(43)56-52/h1-29H. The highest BCUT2D eigenvalue weighted by Crippen LogP contribution is 2.49. The molecule has 13 rings (SSSR count). The van der Waals surface area contributed by atoms with Gasteiger partial charge in [0, 0.05) is 43.6 Å². The summed E-state index contributed by atoms with van der Waals surface area (Å²) in [6.07, 6.45) is 0. The number of fused-ring (bicyclic) bond motifs is 14. The Kier molecular flexibility index (Phi) is 6.45. The zero-order valence-electron chi connectivity index (χ0n) is 31.4. The van der Waals surface area contributed by atoms with Gasteiger partial charge in [-0.3, -0.25) is 0 Å². The van der Waals surface area contributed by atoms with Crippen LogP contribution in [0.15, 0.2) is 185 Å². The van der Waals surface area contributed by atoms with Gasteiger partial charge < -0.3 is 13.4 Å². The predicted molar refractivity (Wildman–Crippen MR) is 241 cm³/mol. The SMILES string of the molecule is N#Cc1ccc2c3ccc(-c4c5ccccc5c(-c5nc6c(ccc7c8ccccc8oc76)c6oc7ccccc7c56)c5ccccc45)cc3n(-c3ccccc3)c2c1. The van der Waals surface area contributed by atoms with Crippen molar-refractivity contribution in [2.45, 2.75) is 0 Å². The molecule has 0 aliphatic carbocycles. The van der Waals surface area contributed by atoms with Crippen LogP contribution in [0.5, 0.6) is 0 Å². The van der Waals surface area contributed by atoms with Crippen LogP contribution in [-0.2, 0) is 0 Å². The van der Waals surface area contributed by atoms with Gasteiger partial charge in [0.25, 0.3) is 0 Å². The van der Waals surface area contributed by atoms with Crippen molar-refractivity contribution in [1.82, 2.24) is 9.55 Å². The number of pyridine rings is 1. The van der Waals surface area contributed by atoms with Gasteiger partial charge in [-0.25, -0.2) is 4.98 Å². The van der Waals surface area contributed by atoms with Crippen LogP contribution in [-0.4, -0.2) is 9.55 Å². The summed E-state index contributed by atoms with van der Waals surface area (Å²) in [7, 11) is 0. The average Bonchev–Trinajstić information content (AvgIpc) is 3.98. The Morgan fingerprint density at radius 1 is 0.441 bits per heavy atom. The minimum Gasteiger partial charge on any atom is -0.455 e. The molecule has 0 aliphatic heterocycles. The van der Waals surface area contributed by atoms with Crippen LogP contribution in [0.4, 0.5) is 0 Å². The highest BCUT2D eigenvalue weighted by Gasteiger charge is 2.25. The molecule has 0 amide bonds. The Morgan fingerprint density at radius 3 is 1.69 bits per heavy atom. The molecule has 0 N–H and O–H groups in total. The molecule has 9 aromatic carbocycles. The maximum absolute atomic E-state index is 9.89. The van der Waals surface area contributed by atoms with E-state index in [9.17, 15) is 5.26 Å². The molecule has 0 fully saturated rings. The van der Waals surface area contributed by atoms with Crippen molar-refractivity contribution < 1.29 is 8.83 Å². The van der Waals surface area contributed by atoms with Gasteiger partial charge >= 0.3 is 0 Å². The molecule has 0 radical (unpaired) electrons. The molecule has 0 saturated heterocycles. The molecular formula is C54H29N3O2. The zero-order chi connectivity index (χ0) is 38.8. The molecule has 5 heteroatoms. The van der Waals surface area contributed by atoms with E-state index in [-0.39, 0.29) is 0 Å². The van der Waals surface area contributed by atoms with Crippen LogP contribution < -0.4 is 0 Å². The predicted octanol–water partition coefficient (Wildman–Crippen LogP) is 14.6. The molecule has 272 valence electrons. The summed E-state index contributed by atoms with van der Waals surface area (Å²) in [5.41, 5.74) is 11.9. The number of nitrogens with zero attached hydrogens (tertiary/aromatic N) is 3. The molecule has 0 unspecified atom stereocenters. The van der Waals surface area contributed by atoms with Crippen molar-refractivity contribution in [2.75, 3.05) is 0 Å². The van der Waals surface area contributed by atoms with Gasteiger partial charge in [-0.1, -0.05) is 121 Å². The van der Waals surface area contributed by atoms with E-state index >= 15 is 0 Å². The largest absolute Gasteiger partial charge is 0.455 e. The van der Waals surface area contributed by atoms with Gasteiger partial charge in [-0.05, 0) is 87.3 Å². The minimum absolute atomic E-state index is 0.633. The van der Waals surface area contributed by atoms with Crippen molar-refractivity contribution >= 4 is 98.1 Å². The molecule has 0 bridgehead atoms. The zero-order valence-corrected chi connectivity index (χ0v) is 31.4. The number of furan rings is 2. The lowest BCUT2D eigenvalue weighted by molar-refractivity contribution is 0.668. The summed E-state index contributed by atoms with van der Waals surface area (Å²) in [6, 6.07) is 63.7. The number of para-hydroxylation sites is 3. The summed E-state index contributed by atoms with van der Waals surface area (Å²) in [4.78, 5) is 5.67. The average molecular weight is 752 g/mol. The van der Waals surface area contributed by atoms with Crippen molar-refractivity contribution in [1.29, 1.82) is 5.26 Å². The molecule has 0 atom stereocenters. The van der Waals surface area contributed by atoms with Crippen LogP contribution in [0.25, 0.3) is 126 Å². The minimum atomic E-state index is 0.633. The Balaban J connectivity index is 1.16. The van der Waals surface area contributed by atoms with E-state index in [0.717, 1.165) is 126 Å². The molecule has 59 heavy (non-hydrogen) atoms. The highest BCUT2D eigenvalue weighted by molar-refractivity contribution is 6.29. The molecule has 13 aromatic rings. The summed E-state index contributed by atoms with van der Waals surface area (Å²) in [5.74, 6) is 0. The van der Waals surface area contributed by atoms with Gasteiger partial charge in [0.1, 0.15) is 22.3 Å². The second kappa shape index (κ2) is 11.9. The third-order valence-corrected chi connectivity index (χ3v) is 12.2. The van der Waals surface area contributed by atoms with Gasteiger partial charge in [0.2, 0.25) is 0 Å². The number of hydrogen-bond acceptors (Lipinski definition) is 4. The summed E-state index contributed by atoms with van der Waals surface area (Å²) in [6.45, 7) is 0. The van der Waals surface area contributed by atoms with Crippen molar-refractivity contribution in [3.05, 3.63) is 181 Å². The maximum Gasteiger partial charge on any atom is 0.161 e. The van der Waals surface area contributed by atoms with Gasteiger partial charge in [0.15, 0.2) is 5.58 Å². The molecule has 5 nitrogen and oxygen atoms in total. The lowest BCUT2D eigenvalue weighted by atomic mass is 9.86. The smallest absolute Gasteiger partial charge is 0.161 e. The summed E-state index contributed by atoms with van der Waals surface area (Å²) >= 11 is 0. The molecular weight excluding hydrogens is 723 g/mol. The van der Waals surface area contributed by atoms with Crippen LogP contribution in [0, 0.1) is 11.3 Å². The molecule has 0 saturated carbocycles. The fourth-order valence-corrected chi connectivity index (χ4v) is 9.68. The van der Waals surface area contributed by atoms with Crippen molar-refractivity contribution in [3.63, 3.8) is 0 Å². The van der Waals surface area contributed by atoms with Gasteiger partial charge in [0.05, 0.1) is 33.7 Å². The Morgan fingerprint density at radius 2 is 0.983 bits per heavy atom. The first-order chi connectivity index (χ1) is 29.2. The van der Waals surface area contributed by atoms with Gasteiger partial charge in [-0.2, -0.15) is 5.26 Å². The highest BCUT2D eigenvalue weighted by atomic mass is 16.3. The van der Waals surface area contributed by atoms with Crippen molar-refractivity contribution in [2.24, 2.45) is 0 Å². The first-order valence-electron chi connectivity index (χ1n) is 19.8. The van der Waals surface area contributed by atoms with E-state index in [0.29, 0.717) is 5.56 Å². The van der Waals surface area contributed by atoms with E-state index in [1.165, 1.54) is 0 Å². The Labute approximate surface area is 336 Å². The number of benzene rings is 9.